The Morgan fingerprint density at radius 1 is 1.00 bits per heavy atom. The van der Waals surface area contributed by atoms with Gasteiger partial charge in [0.25, 0.3) is 0 Å². The maximum absolute atomic E-state index is 10.2. The first-order valence-corrected chi connectivity index (χ1v) is 8.57. The summed E-state index contributed by atoms with van der Waals surface area (Å²) in [7, 11) is 0. The van der Waals surface area contributed by atoms with Gasteiger partial charge in [0.2, 0.25) is 0 Å². The Bertz CT molecular complexity index is 588. The summed E-state index contributed by atoms with van der Waals surface area (Å²) in [5.74, 6) is 0.0361. The average Bonchev–Trinajstić information content (AvgIpc) is 2.50. The molecule has 0 aliphatic carbocycles. The topological polar surface area (TPSA) is 122 Å². The predicted octanol–water partition coefficient (Wildman–Crippen LogP) is 1.72. The molecule has 0 fully saturated rings. The molecule has 0 atom stereocenters. The molecule has 0 saturated carbocycles. The Morgan fingerprint density at radius 2 is 1.41 bits per heavy atom. The van der Waals surface area contributed by atoms with Crippen molar-refractivity contribution in [1.82, 2.24) is 0 Å². The third kappa shape index (κ3) is 5.78. The van der Waals surface area contributed by atoms with Gasteiger partial charge in [0.15, 0.2) is 10.3 Å². The van der Waals surface area contributed by atoms with Crippen LogP contribution in [0.5, 0.6) is 5.75 Å². The lowest BCUT2D eigenvalue weighted by atomic mass is 10.1. The number of aromatic hydroxyl groups is 1. The molecule has 0 aromatic heterocycles. The highest BCUT2D eigenvalue weighted by atomic mass is 32.2. The van der Waals surface area contributed by atoms with Crippen LogP contribution in [0, 0.1) is 6.92 Å². The van der Waals surface area contributed by atoms with Crippen LogP contribution in [0.25, 0.3) is 0 Å². The van der Waals surface area contributed by atoms with E-state index < -0.39 is 0 Å². The molecular formula is C13H18N6OS2. The molecule has 0 aliphatic rings. The van der Waals surface area contributed by atoms with Crippen molar-refractivity contribution in [1.29, 1.82) is 0 Å². The Morgan fingerprint density at radius 3 is 1.77 bits per heavy atom. The van der Waals surface area contributed by atoms with E-state index in [0.717, 1.165) is 5.56 Å². The molecule has 0 heterocycles. The molecule has 118 valence electrons. The molecule has 0 radical (unpaired) electrons. The average molecular weight is 338 g/mol. The van der Waals surface area contributed by atoms with Gasteiger partial charge in [-0.05, 0) is 37.1 Å². The molecule has 1 aromatic rings. The second kappa shape index (κ2) is 9.11. The molecule has 5 N–H and O–H groups in total. The van der Waals surface area contributed by atoms with Crippen LogP contribution >= 0.6 is 23.5 Å². The van der Waals surface area contributed by atoms with E-state index in [1.807, 2.05) is 6.92 Å². The van der Waals surface area contributed by atoms with Gasteiger partial charge < -0.3 is 16.6 Å². The quantitative estimate of drug-likeness (QED) is 0.438. The fourth-order valence-corrected chi connectivity index (χ4v) is 1.67. The van der Waals surface area contributed by atoms with Crippen LogP contribution in [0.2, 0.25) is 0 Å². The first-order valence-electron chi connectivity index (χ1n) is 6.12. The Balaban J connectivity index is 3.07. The molecule has 9 heteroatoms. The highest BCUT2D eigenvalue weighted by molar-refractivity contribution is 8.13. The summed E-state index contributed by atoms with van der Waals surface area (Å²) < 4.78 is 0. The van der Waals surface area contributed by atoms with Gasteiger partial charge in [0.1, 0.15) is 5.75 Å². The number of phenols is 1. The molecule has 0 bridgehead atoms. The summed E-state index contributed by atoms with van der Waals surface area (Å²) in [6.45, 7) is 1.90. The molecule has 0 spiro atoms. The van der Waals surface area contributed by atoms with Crippen LogP contribution in [0.3, 0.4) is 0 Å². The predicted molar refractivity (Wildman–Crippen MR) is 98.3 cm³/mol. The van der Waals surface area contributed by atoms with Crippen LogP contribution in [0.1, 0.15) is 16.7 Å². The van der Waals surface area contributed by atoms with E-state index in [1.165, 1.54) is 36.0 Å². The number of rotatable bonds is 4. The van der Waals surface area contributed by atoms with Crippen LogP contribution < -0.4 is 11.5 Å². The molecule has 22 heavy (non-hydrogen) atoms. The Labute approximate surface area is 137 Å². The first kappa shape index (κ1) is 18.1. The fraction of sp³-hybridized carbons (Fsp3) is 0.231. The number of nitrogens with two attached hydrogens (primary N) is 2. The van der Waals surface area contributed by atoms with E-state index in [1.54, 1.807) is 24.6 Å². The molecule has 1 aromatic carbocycles. The van der Waals surface area contributed by atoms with Crippen molar-refractivity contribution >= 4 is 46.3 Å². The number of hydrogen-bond donors (Lipinski definition) is 3. The number of amidine groups is 2. The third-order valence-corrected chi connectivity index (χ3v) is 3.44. The van der Waals surface area contributed by atoms with E-state index in [-0.39, 0.29) is 5.75 Å². The maximum atomic E-state index is 10.2. The summed E-state index contributed by atoms with van der Waals surface area (Å²) in [4.78, 5) is 0. The smallest absolute Gasteiger partial charge is 0.180 e. The standard InChI is InChI=1S/C13H18N6OS2/c1-8-4-9(6-16-18-12(14)21-2)11(20)10(5-8)7-17-19-13(15)22-3/h4-7,20H,1-3H3,(H2,14,18)(H2,15,19). The molecule has 0 amide bonds. The van der Waals surface area contributed by atoms with Crippen molar-refractivity contribution in [3.05, 3.63) is 28.8 Å². The highest BCUT2D eigenvalue weighted by Crippen LogP contribution is 2.22. The lowest BCUT2D eigenvalue weighted by molar-refractivity contribution is 0.473. The lowest BCUT2D eigenvalue weighted by Gasteiger charge is -2.04. The normalized spacial score (nSPS) is 13.4. The Kier molecular flexibility index (Phi) is 7.47. The molecule has 7 nitrogen and oxygen atoms in total. The Hall–Kier alpha value is -2.00. The number of hydrogen-bond acceptors (Lipinski definition) is 7. The van der Waals surface area contributed by atoms with Crippen LogP contribution in [0.15, 0.2) is 32.5 Å². The largest absolute Gasteiger partial charge is 0.507 e. The van der Waals surface area contributed by atoms with Gasteiger partial charge in [0, 0.05) is 11.1 Å². The summed E-state index contributed by atoms with van der Waals surface area (Å²) >= 11 is 2.58. The number of nitrogens with zero attached hydrogens (tertiary/aromatic N) is 4. The number of phenolic OH excluding ortho intramolecular Hbond substituents is 1. The van der Waals surface area contributed by atoms with Gasteiger partial charge in [-0.15, -0.1) is 10.2 Å². The second-order valence-corrected chi connectivity index (χ2v) is 5.72. The SMILES string of the molecule is CSC(N)=NN=Cc1cc(C)cc(C=NN=C(N)SC)c1O. The van der Waals surface area contributed by atoms with Gasteiger partial charge >= 0.3 is 0 Å². The summed E-state index contributed by atoms with van der Waals surface area (Å²) in [5.41, 5.74) is 13.0. The monoisotopic (exact) mass is 338 g/mol. The summed E-state index contributed by atoms with van der Waals surface area (Å²) in [5, 5.41) is 26.1. The van der Waals surface area contributed by atoms with E-state index in [4.69, 9.17) is 11.5 Å². The molecule has 0 aliphatic heterocycles. The van der Waals surface area contributed by atoms with Crippen molar-refractivity contribution in [2.45, 2.75) is 6.92 Å². The van der Waals surface area contributed by atoms with Crippen molar-refractivity contribution in [2.75, 3.05) is 12.5 Å². The van der Waals surface area contributed by atoms with Crippen LogP contribution in [0.4, 0.5) is 0 Å². The van der Waals surface area contributed by atoms with E-state index in [0.29, 0.717) is 21.5 Å². The van der Waals surface area contributed by atoms with Gasteiger partial charge in [-0.25, -0.2) is 0 Å². The van der Waals surface area contributed by atoms with Gasteiger partial charge in [-0.2, -0.15) is 10.2 Å². The molecular weight excluding hydrogens is 320 g/mol. The van der Waals surface area contributed by atoms with Gasteiger partial charge in [-0.1, -0.05) is 23.5 Å². The van der Waals surface area contributed by atoms with E-state index in [2.05, 4.69) is 20.4 Å². The summed E-state index contributed by atoms with van der Waals surface area (Å²) in [6.07, 6.45) is 6.46. The zero-order valence-corrected chi connectivity index (χ0v) is 14.1. The number of aryl methyl sites for hydroxylation is 1. The van der Waals surface area contributed by atoms with Crippen LogP contribution in [-0.2, 0) is 0 Å². The van der Waals surface area contributed by atoms with Crippen molar-refractivity contribution in [3.8, 4) is 5.75 Å². The minimum atomic E-state index is 0.0361. The summed E-state index contributed by atoms with van der Waals surface area (Å²) in [6, 6.07) is 3.56. The fourth-order valence-electron chi connectivity index (χ4n) is 1.41. The number of thioether (sulfide) groups is 2. The molecule has 1 rings (SSSR count). The maximum Gasteiger partial charge on any atom is 0.180 e. The zero-order valence-electron chi connectivity index (χ0n) is 12.5. The minimum Gasteiger partial charge on any atom is -0.507 e. The minimum absolute atomic E-state index is 0.0361. The van der Waals surface area contributed by atoms with Gasteiger partial charge in [-0.3, -0.25) is 0 Å². The molecule has 0 unspecified atom stereocenters. The van der Waals surface area contributed by atoms with Crippen molar-refractivity contribution in [3.63, 3.8) is 0 Å². The zero-order chi connectivity index (χ0) is 16.5. The lowest BCUT2D eigenvalue weighted by Crippen LogP contribution is -2.04. The number of benzene rings is 1. The molecule has 0 saturated heterocycles. The third-order valence-electron chi connectivity index (χ3n) is 2.44. The second-order valence-electron chi connectivity index (χ2n) is 4.07. The van der Waals surface area contributed by atoms with Crippen molar-refractivity contribution in [2.24, 2.45) is 31.9 Å². The van der Waals surface area contributed by atoms with Crippen LogP contribution in [-0.4, -0.2) is 40.4 Å². The van der Waals surface area contributed by atoms with E-state index >= 15 is 0 Å². The van der Waals surface area contributed by atoms with E-state index in [9.17, 15) is 5.11 Å². The highest BCUT2D eigenvalue weighted by Gasteiger charge is 2.05. The van der Waals surface area contributed by atoms with Gasteiger partial charge in [0.05, 0.1) is 12.4 Å². The van der Waals surface area contributed by atoms with Crippen molar-refractivity contribution < 1.29 is 5.11 Å². The first-order chi connectivity index (χ1) is 10.5.